The SMILES string of the molecule is Cn1ccnc1C(NC(=O)CCCc1cccs1)C1CC1. The summed E-state index contributed by atoms with van der Waals surface area (Å²) in [5.41, 5.74) is 0. The van der Waals surface area contributed by atoms with Gasteiger partial charge in [-0.2, -0.15) is 0 Å². The number of aryl methyl sites for hydroxylation is 2. The van der Waals surface area contributed by atoms with Crippen LogP contribution >= 0.6 is 11.3 Å². The molecule has 0 aromatic carbocycles. The maximum atomic E-state index is 12.2. The van der Waals surface area contributed by atoms with Crippen molar-refractivity contribution in [2.45, 2.75) is 38.1 Å². The number of imidazole rings is 1. The molecule has 112 valence electrons. The van der Waals surface area contributed by atoms with Crippen LogP contribution in [0.15, 0.2) is 29.9 Å². The van der Waals surface area contributed by atoms with E-state index in [1.807, 2.05) is 17.8 Å². The zero-order chi connectivity index (χ0) is 14.7. The first kappa shape index (κ1) is 14.3. The maximum absolute atomic E-state index is 12.2. The van der Waals surface area contributed by atoms with E-state index < -0.39 is 0 Å². The molecule has 2 aromatic heterocycles. The van der Waals surface area contributed by atoms with Crippen LogP contribution in [-0.2, 0) is 18.3 Å². The molecule has 1 amide bonds. The maximum Gasteiger partial charge on any atom is 0.220 e. The number of nitrogens with zero attached hydrogens (tertiary/aromatic N) is 2. The summed E-state index contributed by atoms with van der Waals surface area (Å²) < 4.78 is 2.01. The van der Waals surface area contributed by atoms with Gasteiger partial charge in [0, 0.05) is 30.7 Å². The fourth-order valence-electron chi connectivity index (χ4n) is 2.62. The van der Waals surface area contributed by atoms with Gasteiger partial charge in [0.2, 0.25) is 5.91 Å². The third kappa shape index (κ3) is 3.73. The van der Waals surface area contributed by atoms with Crippen LogP contribution in [0.3, 0.4) is 0 Å². The Labute approximate surface area is 129 Å². The van der Waals surface area contributed by atoms with Gasteiger partial charge in [0.05, 0.1) is 6.04 Å². The molecule has 21 heavy (non-hydrogen) atoms. The van der Waals surface area contributed by atoms with Crippen molar-refractivity contribution < 1.29 is 4.79 Å². The second kappa shape index (κ2) is 6.43. The van der Waals surface area contributed by atoms with Crippen molar-refractivity contribution >= 4 is 17.2 Å². The van der Waals surface area contributed by atoms with Crippen molar-refractivity contribution in [1.29, 1.82) is 0 Å². The third-order valence-electron chi connectivity index (χ3n) is 3.95. The van der Waals surface area contributed by atoms with Gasteiger partial charge in [-0.3, -0.25) is 4.79 Å². The lowest BCUT2D eigenvalue weighted by Gasteiger charge is -2.18. The van der Waals surface area contributed by atoms with Crippen molar-refractivity contribution in [3.05, 3.63) is 40.6 Å². The molecule has 2 aromatic rings. The van der Waals surface area contributed by atoms with E-state index in [-0.39, 0.29) is 11.9 Å². The van der Waals surface area contributed by atoms with Crippen LogP contribution in [0.5, 0.6) is 0 Å². The van der Waals surface area contributed by atoms with E-state index in [0.29, 0.717) is 12.3 Å². The number of carbonyl (C=O) groups excluding carboxylic acids is 1. The Morgan fingerprint density at radius 1 is 1.57 bits per heavy atom. The van der Waals surface area contributed by atoms with E-state index >= 15 is 0 Å². The van der Waals surface area contributed by atoms with E-state index in [4.69, 9.17) is 0 Å². The molecular weight excluding hydrogens is 282 g/mol. The Hall–Kier alpha value is -1.62. The summed E-state index contributed by atoms with van der Waals surface area (Å²) in [6, 6.07) is 4.27. The molecule has 0 spiro atoms. The van der Waals surface area contributed by atoms with Crippen LogP contribution in [0.4, 0.5) is 0 Å². The molecule has 1 N–H and O–H groups in total. The Balaban J connectivity index is 1.51. The van der Waals surface area contributed by atoms with Crippen molar-refractivity contribution in [2.24, 2.45) is 13.0 Å². The van der Waals surface area contributed by atoms with Crippen LogP contribution in [0, 0.1) is 5.92 Å². The number of hydrogen-bond acceptors (Lipinski definition) is 3. The number of thiophene rings is 1. The molecule has 1 aliphatic rings. The molecule has 1 fully saturated rings. The first-order valence-electron chi connectivity index (χ1n) is 7.53. The first-order chi connectivity index (χ1) is 10.2. The molecule has 5 heteroatoms. The predicted molar refractivity (Wildman–Crippen MR) is 84.1 cm³/mol. The highest BCUT2D eigenvalue weighted by Gasteiger charge is 2.35. The lowest BCUT2D eigenvalue weighted by atomic mass is 10.1. The van der Waals surface area contributed by atoms with Crippen molar-refractivity contribution in [3.8, 4) is 0 Å². The third-order valence-corrected chi connectivity index (χ3v) is 4.89. The van der Waals surface area contributed by atoms with Crippen LogP contribution in [0.25, 0.3) is 0 Å². The number of hydrogen-bond donors (Lipinski definition) is 1. The molecule has 4 nitrogen and oxygen atoms in total. The summed E-state index contributed by atoms with van der Waals surface area (Å²) in [6.07, 6.45) is 8.60. The van der Waals surface area contributed by atoms with Gasteiger partial charge in [0.1, 0.15) is 5.82 Å². The van der Waals surface area contributed by atoms with Crippen molar-refractivity contribution in [2.75, 3.05) is 0 Å². The Bertz CT molecular complexity index is 586. The monoisotopic (exact) mass is 303 g/mol. The normalized spacial score (nSPS) is 15.9. The smallest absolute Gasteiger partial charge is 0.220 e. The lowest BCUT2D eigenvalue weighted by Crippen LogP contribution is -2.31. The molecule has 1 unspecified atom stereocenters. The zero-order valence-electron chi connectivity index (χ0n) is 12.3. The van der Waals surface area contributed by atoms with E-state index in [1.54, 1.807) is 17.5 Å². The summed E-state index contributed by atoms with van der Waals surface area (Å²) in [6.45, 7) is 0. The highest BCUT2D eigenvalue weighted by molar-refractivity contribution is 7.09. The average molecular weight is 303 g/mol. The Morgan fingerprint density at radius 3 is 3.05 bits per heavy atom. The molecule has 0 saturated heterocycles. The van der Waals surface area contributed by atoms with Crippen LogP contribution in [0.1, 0.15) is 42.4 Å². The van der Waals surface area contributed by atoms with Gasteiger partial charge in [-0.1, -0.05) is 6.07 Å². The van der Waals surface area contributed by atoms with Gasteiger partial charge in [-0.05, 0) is 43.0 Å². The summed E-state index contributed by atoms with van der Waals surface area (Å²) in [5, 5.41) is 5.27. The first-order valence-corrected chi connectivity index (χ1v) is 8.41. The molecular formula is C16H21N3OS. The fraction of sp³-hybridized carbons (Fsp3) is 0.500. The summed E-state index contributed by atoms with van der Waals surface area (Å²) in [5.74, 6) is 1.68. The number of aromatic nitrogens is 2. The zero-order valence-corrected chi connectivity index (χ0v) is 13.1. The van der Waals surface area contributed by atoms with Gasteiger partial charge in [0.15, 0.2) is 0 Å². The van der Waals surface area contributed by atoms with Crippen LogP contribution < -0.4 is 5.32 Å². The number of nitrogens with one attached hydrogen (secondary N) is 1. The second-order valence-corrected chi connectivity index (χ2v) is 6.74. The van der Waals surface area contributed by atoms with Crippen LogP contribution in [-0.4, -0.2) is 15.5 Å². The standard InChI is InChI=1S/C16H21N3OS/c1-19-10-9-17-16(19)15(12-7-8-12)18-14(20)6-2-4-13-5-3-11-21-13/h3,5,9-12,15H,2,4,6-8H2,1H3,(H,18,20). The fourth-order valence-corrected chi connectivity index (χ4v) is 3.37. The molecule has 0 aliphatic heterocycles. The van der Waals surface area contributed by atoms with Crippen molar-refractivity contribution in [1.82, 2.24) is 14.9 Å². The molecule has 2 heterocycles. The van der Waals surface area contributed by atoms with Crippen molar-refractivity contribution in [3.63, 3.8) is 0 Å². The average Bonchev–Trinajstić information content (AvgIpc) is 3.01. The minimum atomic E-state index is 0.0826. The number of amides is 1. The summed E-state index contributed by atoms with van der Waals surface area (Å²) >= 11 is 1.76. The van der Waals surface area contributed by atoms with E-state index in [9.17, 15) is 4.79 Å². The van der Waals surface area contributed by atoms with Gasteiger partial charge < -0.3 is 9.88 Å². The van der Waals surface area contributed by atoms with E-state index in [0.717, 1.165) is 18.7 Å². The minimum Gasteiger partial charge on any atom is -0.346 e. The van der Waals surface area contributed by atoms with Gasteiger partial charge in [-0.15, -0.1) is 11.3 Å². The van der Waals surface area contributed by atoms with Gasteiger partial charge >= 0.3 is 0 Å². The highest BCUT2D eigenvalue weighted by Crippen LogP contribution is 2.40. The van der Waals surface area contributed by atoms with Gasteiger partial charge in [0.25, 0.3) is 0 Å². The van der Waals surface area contributed by atoms with Gasteiger partial charge in [-0.25, -0.2) is 4.98 Å². The Kier molecular flexibility index (Phi) is 4.39. The summed E-state index contributed by atoms with van der Waals surface area (Å²) in [4.78, 5) is 17.9. The largest absolute Gasteiger partial charge is 0.346 e. The molecule has 1 atom stereocenters. The molecule has 0 radical (unpaired) electrons. The predicted octanol–water partition coefficient (Wildman–Crippen LogP) is 3.07. The highest BCUT2D eigenvalue weighted by atomic mass is 32.1. The van der Waals surface area contributed by atoms with Crippen LogP contribution in [0.2, 0.25) is 0 Å². The van der Waals surface area contributed by atoms with E-state index in [2.05, 4.69) is 27.8 Å². The quantitative estimate of drug-likeness (QED) is 0.854. The summed E-state index contributed by atoms with van der Waals surface area (Å²) in [7, 11) is 1.99. The molecule has 0 bridgehead atoms. The molecule has 3 rings (SSSR count). The molecule has 1 saturated carbocycles. The molecule has 1 aliphatic carbocycles. The lowest BCUT2D eigenvalue weighted by molar-refractivity contribution is -0.122. The number of carbonyl (C=O) groups is 1. The topological polar surface area (TPSA) is 46.9 Å². The minimum absolute atomic E-state index is 0.0826. The van der Waals surface area contributed by atoms with E-state index in [1.165, 1.54) is 17.7 Å². The number of rotatable bonds is 7. The Morgan fingerprint density at radius 2 is 2.43 bits per heavy atom. The second-order valence-electron chi connectivity index (χ2n) is 5.71.